The number of halogens is 2. The van der Waals surface area contributed by atoms with Gasteiger partial charge in [0, 0.05) is 18.1 Å². The van der Waals surface area contributed by atoms with Crippen LogP contribution in [0.4, 0.5) is 8.78 Å². The summed E-state index contributed by atoms with van der Waals surface area (Å²) in [6.45, 7) is 0.947. The summed E-state index contributed by atoms with van der Waals surface area (Å²) in [5.74, 6) is 0. The van der Waals surface area contributed by atoms with Crippen molar-refractivity contribution in [3.05, 3.63) is 36.0 Å². The second kappa shape index (κ2) is 4.61. The van der Waals surface area contributed by atoms with E-state index in [0.29, 0.717) is 12.1 Å². The lowest BCUT2D eigenvalue weighted by Crippen LogP contribution is -2.13. The lowest BCUT2D eigenvalue weighted by atomic mass is 10.1. The van der Waals surface area contributed by atoms with Gasteiger partial charge in [0.15, 0.2) is 0 Å². The number of hydrogen-bond donors (Lipinski definition) is 1. The molecule has 1 N–H and O–H groups in total. The predicted octanol–water partition coefficient (Wildman–Crippen LogP) is 3.15. The molecular formula is C12H14F2N2. The van der Waals surface area contributed by atoms with Gasteiger partial charge < -0.3 is 5.32 Å². The van der Waals surface area contributed by atoms with Crippen LogP contribution in [0.1, 0.15) is 19.0 Å². The average Bonchev–Trinajstić information content (AvgIpc) is 2.70. The summed E-state index contributed by atoms with van der Waals surface area (Å²) in [6, 6.07) is 7.34. The number of nitrogens with zero attached hydrogens (tertiary/aromatic N) is 1. The van der Waals surface area contributed by atoms with Gasteiger partial charge in [-0.05, 0) is 18.2 Å². The Labute approximate surface area is 92.9 Å². The van der Waals surface area contributed by atoms with Crippen LogP contribution in [-0.2, 0) is 6.54 Å². The molecule has 0 saturated carbocycles. The number of alkyl halides is 2. The first-order chi connectivity index (χ1) is 7.74. The Bertz CT molecular complexity index is 477. The van der Waals surface area contributed by atoms with Gasteiger partial charge in [-0.25, -0.2) is 0 Å². The van der Waals surface area contributed by atoms with E-state index in [2.05, 4.69) is 5.32 Å². The minimum Gasteiger partial charge on any atom is -0.313 e. The van der Waals surface area contributed by atoms with Gasteiger partial charge in [0.2, 0.25) is 0 Å². The largest absolute Gasteiger partial charge is 0.319 e. The van der Waals surface area contributed by atoms with Crippen LogP contribution >= 0.6 is 0 Å². The molecule has 4 heteroatoms. The lowest BCUT2D eigenvalue weighted by molar-refractivity contribution is 0.0751. The van der Waals surface area contributed by atoms with Crippen LogP contribution < -0.4 is 5.32 Å². The number of aromatic nitrogens is 1. The van der Waals surface area contributed by atoms with E-state index in [1.807, 2.05) is 25.1 Å². The third kappa shape index (κ3) is 1.93. The monoisotopic (exact) mass is 224 g/mol. The van der Waals surface area contributed by atoms with Gasteiger partial charge in [-0.1, -0.05) is 25.1 Å². The summed E-state index contributed by atoms with van der Waals surface area (Å²) in [5.41, 5.74) is 1.53. The molecule has 0 aliphatic heterocycles. The van der Waals surface area contributed by atoms with E-state index in [9.17, 15) is 8.78 Å². The van der Waals surface area contributed by atoms with Crippen molar-refractivity contribution in [2.45, 2.75) is 20.0 Å². The Balaban J connectivity index is 2.50. The first-order valence-corrected chi connectivity index (χ1v) is 5.31. The Kier molecular flexibility index (Phi) is 3.19. The van der Waals surface area contributed by atoms with Crippen molar-refractivity contribution in [1.29, 1.82) is 0 Å². The molecule has 0 saturated heterocycles. The molecule has 0 fully saturated rings. The summed E-state index contributed by atoms with van der Waals surface area (Å²) in [4.78, 5) is 0. The summed E-state index contributed by atoms with van der Waals surface area (Å²) in [6.07, 6.45) is 1.44. The van der Waals surface area contributed by atoms with Crippen molar-refractivity contribution >= 4 is 10.9 Å². The van der Waals surface area contributed by atoms with Gasteiger partial charge in [0.05, 0.1) is 5.52 Å². The third-order valence-electron chi connectivity index (χ3n) is 2.60. The van der Waals surface area contributed by atoms with E-state index >= 15 is 0 Å². The average molecular weight is 224 g/mol. The number of fused-ring (bicyclic) bond motifs is 1. The highest BCUT2D eigenvalue weighted by Crippen LogP contribution is 2.25. The SMILES string of the molecule is CCNCc1cccc2ccn(C(F)F)c12. The fraction of sp³-hybridized carbons (Fsp3) is 0.333. The van der Waals surface area contributed by atoms with Crippen molar-refractivity contribution in [2.75, 3.05) is 6.54 Å². The molecule has 0 atom stereocenters. The quantitative estimate of drug-likeness (QED) is 0.844. The molecule has 1 aromatic carbocycles. The molecule has 0 radical (unpaired) electrons. The zero-order valence-corrected chi connectivity index (χ0v) is 9.08. The van der Waals surface area contributed by atoms with Crippen molar-refractivity contribution in [2.24, 2.45) is 0 Å². The molecule has 2 aromatic rings. The van der Waals surface area contributed by atoms with E-state index in [4.69, 9.17) is 0 Å². The molecule has 86 valence electrons. The van der Waals surface area contributed by atoms with E-state index in [-0.39, 0.29) is 0 Å². The first-order valence-electron chi connectivity index (χ1n) is 5.31. The van der Waals surface area contributed by atoms with Gasteiger partial charge >= 0.3 is 6.55 Å². The molecule has 0 unspecified atom stereocenters. The number of rotatable bonds is 4. The van der Waals surface area contributed by atoms with Crippen molar-refractivity contribution in [1.82, 2.24) is 9.88 Å². The molecule has 0 aliphatic carbocycles. The van der Waals surface area contributed by atoms with Gasteiger partial charge in [-0.3, -0.25) is 4.57 Å². The molecule has 0 aliphatic rings. The Morgan fingerprint density at radius 3 is 2.81 bits per heavy atom. The smallest absolute Gasteiger partial charge is 0.313 e. The lowest BCUT2D eigenvalue weighted by Gasteiger charge is -2.09. The Hall–Kier alpha value is -1.42. The van der Waals surface area contributed by atoms with Crippen LogP contribution in [-0.4, -0.2) is 11.1 Å². The highest BCUT2D eigenvalue weighted by molar-refractivity contribution is 5.83. The maximum atomic E-state index is 12.8. The van der Waals surface area contributed by atoms with Crippen LogP contribution in [0.5, 0.6) is 0 Å². The Morgan fingerprint density at radius 1 is 1.31 bits per heavy atom. The highest BCUT2D eigenvalue weighted by Gasteiger charge is 2.12. The van der Waals surface area contributed by atoms with Gasteiger partial charge in [0.1, 0.15) is 0 Å². The van der Waals surface area contributed by atoms with Crippen molar-refractivity contribution in [3.63, 3.8) is 0 Å². The number of para-hydroxylation sites is 1. The molecule has 0 spiro atoms. The van der Waals surface area contributed by atoms with E-state index < -0.39 is 6.55 Å². The minimum absolute atomic E-state index is 0.616. The molecule has 1 heterocycles. The standard InChI is InChI=1S/C12H14F2N2/c1-2-15-8-10-5-3-4-9-6-7-16(11(9)10)12(13)14/h3-7,12,15H,2,8H2,1H3. The van der Waals surface area contributed by atoms with Gasteiger partial charge in [-0.15, -0.1) is 0 Å². The summed E-state index contributed by atoms with van der Waals surface area (Å²) >= 11 is 0. The highest BCUT2D eigenvalue weighted by atomic mass is 19.3. The molecule has 1 aromatic heterocycles. The normalized spacial score (nSPS) is 11.5. The van der Waals surface area contributed by atoms with E-state index in [0.717, 1.165) is 22.1 Å². The molecule has 2 rings (SSSR count). The first kappa shape index (κ1) is 11.1. The second-order valence-corrected chi connectivity index (χ2v) is 3.64. The van der Waals surface area contributed by atoms with Crippen LogP contribution in [0.25, 0.3) is 10.9 Å². The zero-order chi connectivity index (χ0) is 11.5. The molecule has 0 bridgehead atoms. The summed E-state index contributed by atoms with van der Waals surface area (Å²) in [7, 11) is 0. The maximum Gasteiger partial charge on any atom is 0.319 e. The van der Waals surface area contributed by atoms with Crippen LogP contribution in [0.3, 0.4) is 0 Å². The summed E-state index contributed by atoms with van der Waals surface area (Å²) in [5, 5.41) is 4.01. The topological polar surface area (TPSA) is 17.0 Å². The maximum absolute atomic E-state index is 12.8. The number of benzene rings is 1. The van der Waals surface area contributed by atoms with Gasteiger partial charge in [0.25, 0.3) is 0 Å². The van der Waals surface area contributed by atoms with Crippen LogP contribution in [0.2, 0.25) is 0 Å². The van der Waals surface area contributed by atoms with Gasteiger partial charge in [-0.2, -0.15) is 8.78 Å². The minimum atomic E-state index is -2.49. The van der Waals surface area contributed by atoms with E-state index in [1.165, 1.54) is 6.20 Å². The van der Waals surface area contributed by atoms with Crippen molar-refractivity contribution < 1.29 is 8.78 Å². The van der Waals surface area contributed by atoms with Crippen LogP contribution in [0.15, 0.2) is 30.5 Å². The Morgan fingerprint density at radius 2 is 2.12 bits per heavy atom. The second-order valence-electron chi connectivity index (χ2n) is 3.64. The van der Waals surface area contributed by atoms with Crippen LogP contribution in [0, 0.1) is 0 Å². The molecule has 0 amide bonds. The molecule has 16 heavy (non-hydrogen) atoms. The molecular weight excluding hydrogens is 210 g/mol. The number of hydrogen-bond acceptors (Lipinski definition) is 1. The number of nitrogens with one attached hydrogen (secondary N) is 1. The fourth-order valence-electron chi connectivity index (χ4n) is 1.86. The zero-order valence-electron chi connectivity index (χ0n) is 9.08. The van der Waals surface area contributed by atoms with E-state index in [1.54, 1.807) is 6.07 Å². The van der Waals surface area contributed by atoms with Crippen molar-refractivity contribution in [3.8, 4) is 0 Å². The fourth-order valence-corrected chi connectivity index (χ4v) is 1.86. The third-order valence-corrected chi connectivity index (χ3v) is 2.60. The molecule has 2 nitrogen and oxygen atoms in total. The predicted molar refractivity (Wildman–Crippen MR) is 60.6 cm³/mol. The summed E-state index contributed by atoms with van der Waals surface area (Å²) < 4.78 is 26.6.